The Hall–Kier alpha value is -0.383. The molecule has 0 aliphatic heterocycles. The molecule has 23 heavy (non-hydrogen) atoms. The van der Waals surface area contributed by atoms with Crippen LogP contribution in [0, 0.1) is 0 Å². The molecule has 0 spiro atoms. The summed E-state index contributed by atoms with van der Waals surface area (Å²) in [6, 6.07) is 8.07. The van der Waals surface area contributed by atoms with E-state index in [0.29, 0.717) is 0 Å². The Bertz CT molecular complexity index is 448. The van der Waals surface area contributed by atoms with Crippen LogP contribution in [0.1, 0.15) is 72.1 Å². The Morgan fingerprint density at radius 3 is 2.17 bits per heavy atom. The fourth-order valence-electron chi connectivity index (χ4n) is 3.38. The first-order valence-corrected chi connectivity index (χ1v) is 12.8. The molecular formula is C20H36OSSi. The van der Waals surface area contributed by atoms with Crippen LogP contribution in [0.15, 0.2) is 23.6 Å². The molecule has 0 radical (unpaired) electrons. The molecule has 0 saturated heterocycles. The summed E-state index contributed by atoms with van der Waals surface area (Å²) in [6.07, 6.45) is 6.93. The summed E-state index contributed by atoms with van der Waals surface area (Å²) in [5.74, 6) is 0. The predicted octanol–water partition coefficient (Wildman–Crippen LogP) is 7.51. The van der Waals surface area contributed by atoms with Crippen LogP contribution < -0.4 is 0 Å². The van der Waals surface area contributed by atoms with Gasteiger partial charge >= 0.3 is 0 Å². The third-order valence-electron chi connectivity index (χ3n) is 5.62. The molecule has 0 atom stereocenters. The first-order chi connectivity index (χ1) is 11.0. The van der Waals surface area contributed by atoms with Gasteiger partial charge < -0.3 is 4.43 Å². The molecule has 1 aromatic heterocycles. The fraction of sp³-hybridized carbons (Fsp3) is 0.700. The lowest BCUT2D eigenvalue weighted by Gasteiger charge is -2.42. The van der Waals surface area contributed by atoms with Gasteiger partial charge in [0, 0.05) is 4.88 Å². The molecule has 1 aromatic rings. The molecule has 0 bridgehead atoms. The Kier molecular flexibility index (Phi) is 8.81. The number of hydrogen-bond acceptors (Lipinski definition) is 2. The lowest BCUT2D eigenvalue weighted by Crippen LogP contribution is -2.46. The lowest BCUT2D eigenvalue weighted by molar-refractivity contribution is 0.0397. The van der Waals surface area contributed by atoms with E-state index in [4.69, 9.17) is 4.43 Å². The summed E-state index contributed by atoms with van der Waals surface area (Å²) >= 11 is 1.83. The molecule has 0 saturated carbocycles. The quantitative estimate of drug-likeness (QED) is 0.374. The van der Waals surface area contributed by atoms with E-state index in [1.165, 1.54) is 28.6 Å². The molecule has 3 heteroatoms. The molecule has 0 N–H and O–H groups in total. The number of thiophene rings is 1. The first-order valence-electron chi connectivity index (χ1n) is 9.41. The van der Waals surface area contributed by atoms with Crippen LogP contribution >= 0.6 is 11.3 Å². The highest BCUT2D eigenvalue weighted by Crippen LogP contribution is 2.35. The smallest absolute Gasteiger partial charge is 0.192 e. The van der Waals surface area contributed by atoms with Crippen molar-refractivity contribution in [1.82, 2.24) is 0 Å². The second-order valence-electron chi connectivity index (χ2n) is 6.64. The van der Waals surface area contributed by atoms with E-state index < -0.39 is 8.32 Å². The van der Waals surface area contributed by atoms with E-state index in [1.807, 2.05) is 11.3 Å². The molecule has 1 rings (SSSR count). The van der Waals surface area contributed by atoms with Crippen molar-refractivity contribution in [1.29, 1.82) is 0 Å². The van der Waals surface area contributed by atoms with Crippen molar-refractivity contribution in [3.8, 4) is 0 Å². The normalized spacial score (nSPS) is 13.6. The SMILES string of the molecule is CCC(CC)(CC/C=C(\C)c1cccs1)O[Si](CC)(CC)CC. The second-order valence-corrected chi connectivity index (χ2v) is 12.3. The van der Waals surface area contributed by atoms with Gasteiger partial charge in [-0.25, -0.2) is 0 Å². The predicted molar refractivity (Wildman–Crippen MR) is 109 cm³/mol. The van der Waals surface area contributed by atoms with Gasteiger partial charge in [0.1, 0.15) is 0 Å². The van der Waals surface area contributed by atoms with Crippen molar-refractivity contribution in [3.05, 3.63) is 28.5 Å². The summed E-state index contributed by atoms with van der Waals surface area (Å²) < 4.78 is 6.96. The highest BCUT2D eigenvalue weighted by molar-refractivity contribution is 7.11. The minimum absolute atomic E-state index is 0.0838. The second kappa shape index (κ2) is 9.80. The van der Waals surface area contributed by atoms with Crippen molar-refractivity contribution in [2.75, 3.05) is 0 Å². The number of rotatable bonds is 11. The van der Waals surface area contributed by atoms with Crippen LogP contribution in [-0.2, 0) is 4.43 Å². The van der Waals surface area contributed by atoms with E-state index in [1.54, 1.807) is 0 Å². The highest BCUT2D eigenvalue weighted by atomic mass is 32.1. The molecule has 0 aromatic carbocycles. The molecule has 132 valence electrons. The van der Waals surface area contributed by atoms with Gasteiger partial charge in [-0.05, 0) is 67.8 Å². The van der Waals surface area contributed by atoms with Gasteiger partial charge in [-0.2, -0.15) is 0 Å². The van der Waals surface area contributed by atoms with Crippen molar-refractivity contribution < 1.29 is 4.43 Å². The van der Waals surface area contributed by atoms with Crippen LogP contribution in [0.5, 0.6) is 0 Å². The Morgan fingerprint density at radius 1 is 1.13 bits per heavy atom. The first kappa shape index (κ1) is 20.7. The van der Waals surface area contributed by atoms with E-state index >= 15 is 0 Å². The Balaban J connectivity index is 2.79. The molecule has 1 nitrogen and oxygen atoms in total. The van der Waals surface area contributed by atoms with Crippen molar-refractivity contribution in [3.63, 3.8) is 0 Å². The summed E-state index contributed by atoms with van der Waals surface area (Å²) in [7, 11) is -1.54. The van der Waals surface area contributed by atoms with Gasteiger partial charge in [0.25, 0.3) is 0 Å². The number of hydrogen-bond donors (Lipinski definition) is 0. The Labute approximate surface area is 149 Å². The van der Waals surface area contributed by atoms with Gasteiger partial charge in [0.05, 0.1) is 5.60 Å². The molecule has 0 unspecified atom stereocenters. The summed E-state index contributed by atoms with van der Waals surface area (Å²) in [5, 5.41) is 2.15. The van der Waals surface area contributed by atoms with Crippen LogP contribution in [0.3, 0.4) is 0 Å². The van der Waals surface area contributed by atoms with Gasteiger partial charge in [0.15, 0.2) is 8.32 Å². The average Bonchev–Trinajstić information content (AvgIpc) is 3.13. The maximum Gasteiger partial charge on any atom is 0.192 e. The maximum atomic E-state index is 6.96. The van der Waals surface area contributed by atoms with Crippen molar-refractivity contribution in [2.24, 2.45) is 0 Å². The maximum absolute atomic E-state index is 6.96. The average molecular weight is 353 g/mol. The van der Waals surface area contributed by atoms with E-state index in [2.05, 4.69) is 65.1 Å². The molecule has 0 aliphatic carbocycles. The largest absolute Gasteiger partial charge is 0.411 e. The van der Waals surface area contributed by atoms with Crippen molar-refractivity contribution in [2.45, 2.75) is 91.0 Å². The lowest BCUT2D eigenvalue weighted by atomic mass is 9.91. The van der Waals surface area contributed by atoms with Crippen LogP contribution in [0.2, 0.25) is 18.1 Å². The summed E-state index contributed by atoms with van der Waals surface area (Å²) in [4.78, 5) is 1.39. The summed E-state index contributed by atoms with van der Waals surface area (Å²) in [6.45, 7) is 13.8. The van der Waals surface area contributed by atoms with Crippen LogP contribution in [-0.4, -0.2) is 13.9 Å². The third-order valence-corrected chi connectivity index (χ3v) is 11.4. The van der Waals surface area contributed by atoms with Crippen molar-refractivity contribution >= 4 is 25.2 Å². The van der Waals surface area contributed by atoms with Crippen LogP contribution in [0.4, 0.5) is 0 Å². The third kappa shape index (κ3) is 5.58. The molecular weight excluding hydrogens is 316 g/mol. The fourth-order valence-corrected chi connectivity index (χ4v) is 7.35. The van der Waals surface area contributed by atoms with Gasteiger partial charge in [0.2, 0.25) is 0 Å². The standard InChI is InChI=1S/C20H36OSSi/c1-7-20(8-2,21-23(9-3,10-4)11-5)16-12-14-18(6)19-15-13-17-22-19/h13-15,17H,7-12,16H2,1-6H3/b18-14+. The van der Waals surface area contributed by atoms with Gasteiger partial charge in [-0.15, -0.1) is 11.3 Å². The monoisotopic (exact) mass is 352 g/mol. The number of allylic oxidation sites excluding steroid dienone is 2. The zero-order valence-corrected chi connectivity index (χ0v) is 17.9. The summed E-state index contributed by atoms with van der Waals surface area (Å²) in [5.41, 5.74) is 1.49. The molecule has 0 fully saturated rings. The minimum atomic E-state index is -1.54. The zero-order chi connectivity index (χ0) is 17.3. The minimum Gasteiger partial charge on any atom is -0.411 e. The van der Waals surface area contributed by atoms with E-state index in [9.17, 15) is 0 Å². The Morgan fingerprint density at radius 2 is 1.74 bits per heavy atom. The zero-order valence-electron chi connectivity index (χ0n) is 16.1. The topological polar surface area (TPSA) is 9.23 Å². The van der Waals surface area contributed by atoms with Crippen LogP contribution in [0.25, 0.3) is 5.57 Å². The van der Waals surface area contributed by atoms with E-state index in [0.717, 1.165) is 25.7 Å². The molecule has 0 amide bonds. The molecule has 0 aliphatic rings. The van der Waals surface area contributed by atoms with E-state index in [-0.39, 0.29) is 5.60 Å². The van der Waals surface area contributed by atoms with Gasteiger partial charge in [-0.3, -0.25) is 0 Å². The highest BCUT2D eigenvalue weighted by Gasteiger charge is 2.38. The molecule has 1 heterocycles. The van der Waals surface area contributed by atoms with Gasteiger partial charge in [-0.1, -0.05) is 46.8 Å².